The molecule has 0 saturated heterocycles. The zero-order valence-electron chi connectivity index (χ0n) is 42.9. The van der Waals surface area contributed by atoms with Crippen LogP contribution in [0.25, 0.3) is 64.3 Å². The van der Waals surface area contributed by atoms with E-state index in [0.29, 0.717) is 0 Å². The van der Waals surface area contributed by atoms with Crippen molar-refractivity contribution in [3.63, 3.8) is 0 Å². The van der Waals surface area contributed by atoms with Crippen LogP contribution in [0.15, 0.2) is 279 Å². The number of para-hydroxylation sites is 2. The zero-order valence-corrected chi connectivity index (χ0v) is 43.7. The van der Waals surface area contributed by atoms with Gasteiger partial charge in [-0.15, -0.1) is 11.3 Å². The van der Waals surface area contributed by atoms with Gasteiger partial charge in [0.2, 0.25) is 0 Å². The first-order chi connectivity index (χ1) is 37.9. The van der Waals surface area contributed by atoms with Crippen molar-refractivity contribution in [2.45, 2.75) is 24.7 Å². The highest BCUT2D eigenvalue weighted by atomic mass is 32.1. The average molecular weight is 1000 g/mol. The molecule has 0 N–H and O–H groups in total. The molecule has 77 heavy (non-hydrogen) atoms. The summed E-state index contributed by atoms with van der Waals surface area (Å²) in [7, 11) is 0. The molecule has 0 unspecified atom stereocenters. The summed E-state index contributed by atoms with van der Waals surface area (Å²) in [6.45, 7) is 4.76. The van der Waals surface area contributed by atoms with Gasteiger partial charge in [-0.1, -0.05) is 214 Å². The molecule has 0 radical (unpaired) electrons. The molecule has 0 aliphatic heterocycles. The van der Waals surface area contributed by atoms with Gasteiger partial charge in [-0.3, -0.25) is 0 Å². The maximum Gasteiger partial charge on any atom is 0.0714 e. The highest BCUT2D eigenvalue weighted by molar-refractivity contribution is 7.25. The summed E-state index contributed by atoms with van der Waals surface area (Å²) >= 11 is 1.87. The Morgan fingerprint density at radius 3 is 1.56 bits per heavy atom. The minimum atomic E-state index is -0.589. The van der Waals surface area contributed by atoms with E-state index < -0.39 is 5.41 Å². The number of rotatable bonds is 9. The summed E-state index contributed by atoms with van der Waals surface area (Å²) in [6.07, 6.45) is 0. The fourth-order valence-electron chi connectivity index (χ4n) is 13.2. The van der Waals surface area contributed by atoms with E-state index in [1.54, 1.807) is 0 Å². The molecular weight excluding hydrogens is 949 g/mol. The first-order valence-corrected chi connectivity index (χ1v) is 27.5. The van der Waals surface area contributed by atoms with Crippen LogP contribution in [-0.2, 0) is 10.8 Å². The topological polar surface area (TPSA) is 6.48 Å². The minimum Gasteiger partial charge on any atom is -0.310 e. The van der Waals surface area contributed by atoms with E-state index in [1.165, 1.54) is 86.6 Å². The van der Waals surface area contributed by atoms with Crippen LogP contribution in [0, 0.1) is 0 Å². The van der Waals surface area contributed by atoms with E-state index in [1.807, 2.05) is 11.3 Å². The maximum atomic E-state index is 2.52. The van der Waals surface area contributed by atoms with Crippen LogP contribution in [0.4, 0.5) is 34.1 Å². The third kappa shape index (κ3) is 7.01. The Kier molecular flexibility index (Phi) is 10.4. The second-order valence-corrected chi connectivity index (χ2v) is 22.3. The first kappa shape index (κ1) is 45.1. The van der Waals surface area contributed by atoms with Gasteiger partial charge in [0.15, 0.2) is 0 Å². The zero-order chi connectivity index (χ0) is 51.2. The molecule has 3 heteroatoms. The second-order valence-electron chi connectivity index (χ2n) is 21.2. The van der Waals surface area contributed by atoms with Crippen molar-refractivity contribution in [2.75, 3.05) is 9.80 Å². The Balaban J connectivity index is 1.02. The van der Waals surface area contributed by atoms with Gasteiger partial charge in [0.25, 0.3) is 0 Å². The van der Waals surface area contributed by atoms with Crippen LogP contribution in [0.5, 0.6) is 0 Å². The van der Waals surface area contributed by atoms with Crippen molar-refractivity contribution in [2.24, 2.45) is 0 Å². The lowest BCUT2D eigenvalue weighted by molar-refractivity contribution is 0.660. The van der Waals surface area contributed by atoms with Gasteiger partial charge in [0, 0.05) is 59.7 Å². The molecule has 15 rings (SSSR count). The van der Waals surface area contributed by atoms with E-state index in [0.717, 1.165) is 45.3 Å². The molecule has 364 valence electrons. The number of benzene rings is 12. The van der Waals surface area contributed by atoms with E-state index in [4.69, 9.17) is 0 Å². The molecule has 0 saturated carbocycles. The standard InChI is InChI=1S/C74H52N2S/c1-73(2)66-33-19-17-31-61(66)62-40-37-56(47-68(62)73)76(57-38-41-64-63-32-18-20-34-70(63)77-71(64)48-57)59-44-51(43-58(46-59)75(54-26-11-5-12-27-54)55-28-13-6-14-29-55)50-35-39-65-69(45-50)74(52-22-7-3-8-23-52,53-24-9-4-10-25-53)67-42-36-49-21-15-16-30-60(49)72(65)67/h3-48H,1-2H3. The molecular formula is C74H52N2S. The van der Waals surface area contributed by atoms with Gasteiger partial charge >= 0.3 is 0 Å². The number of thiophene rings is 1. The maximum absolute atomic E-state index is 2.52. The Morgan fingerprint density at radius 1 is 0.299 bits per heavy atom. The number of hydrogen-bond donors (Lipinski definition) is 0. The third-order valence-electron chi connectivity index (χ3n) is 16.7. The van der Waals surface area contributed by atoms with E-state index in [-0.39, 0.29) is 5.41 Å². The molecule has 0 amide bonds. The minimum absolute atomic E-state index is 0.190. The van der Waals surface area contributed by atoms with Crippen LogP contribution in [0.1, 0.15) is 47.2 Å². The fourth-order valence-corrected chi connectivity index (χ4v) is 14.3. The van der Waals surface area contributed by atoms with Crippen LogP contribution < -0.4 is 9.80 Å². The third-order valence-corrected chi connectivity index (χ3v) is 17.8. The first-order valence-electron chi connectivity index (χ1n) is 26.7. The SMILES string of the molecule is CC1(C)c2ccccc2-c2ccc(N(c3cc(-c4ccc5c(c4)C(c4ccccc4)(c4ccccc4)c4ccc6ccccc6c4-5)cc(N(c4ccccc4)c4ccccc4)c3)c3ccc4c(c3)sc3ccccc34)cc21. The lowest BCUT2D eigenvalue weighted by Gasteiger charge is -2.34. The molecule has 2 nitrogen and oxygen atoms in total. The summed E-state index contributed by atoms with van der Waals surface area (Å²) in [6, 6.07) is 104. The Labute approximate surface area is 454 Å². The molecule has 2 aliphatic carbocycles. The van der Waals surface area contributed by atoms with Crippen LogP contribution in [-0.4, -0.2) is 0 Å². The molecule has 2 aliphatic rings. The summed E-state index contributed by atoms with van der Waals surface area (Å²) in [5, 5.41) is 5.08. The second kappa shape index (κ2) is 17.7. The smallest absolute Gasteiger partial charge is 0.0714 e. The molecule has 0 bridgehead atoms. The highest BCUT2D eigenvalue weighted by Crippen LogP contribution is 2.59. The van der Waals surface area contributed by atoms with Crippen molar-refractivity contribution >= 4 is 76.4 Å². The van der Waals surface area contributed by atoms with Gasteiger partial charge in [-0.25, -0.2) is 0 Å². The summed E-state index contributed by atoms with van der Waals surface area (Å²) < 4.78 is 2.56. The molecule has 0 atom stereocenters. The van der Waals surface area contributed by atoms with Gasteiger partial charge in [0.05, 0.1) is 5.41 Å². The van der Waals surface area contributed by atoms with E-state index in [2.05, 4.69) is 303 Å². The Hall–Kier alpha value is -9.28. The molecule has 1 heterocycles. The molecule has 12 aromatic carbocycles. The lowest BCUT2D eigenvalue weighted by atomic mass is 9.67. The van der Waals surface area contributed by atoms with Gasteiger partial charge in [-0.05, 0) is 156 Å². The summed E-state index contributed by atoms with van der Waals surface area (Å²) in [5.74, 6) is 0. The van der Waals surface area contributed by atoms with Crippen molar-refractivity contribution in [3.8, 4) is 33.4 Å². The number of anilines is 6. The number of hydrogen-bond acceptors (Lipinski definition) is 3. The quantitative estimate of drug-likeness (QED) is 0.142. The van der Waals surface area contributed by atoms with E-state index >= 15 is 0 Å². The summed E-state index contributed by atoms with van der Waals surface area (Å²) in [4.78, 5) is 4.92. The van der Waals surface area contributed by atoms with Crippen LogP contribution in [0.2, 0.25) is 0 Å². The molecule has 0 spiro atoms. The van der Waals surface area contributed by atoms with Crippen molar-refractivity contribution < 1.29 is 0 Å². The molecule has 1 aromatic heterocycles. The van der Waals surface area contributed by atoms with Gasteiger partial charge < -0.3 is 9.80 Å². The fraction of sp³-hybridized carbons (Fsp3) is 0.0541. The summed E-state index contributed by atoms with van der Waals surface area (Å²) in [5.41, 5.74) is 21.0. The molecule has 0 fully saturated rings. The lowest BCUT2D eigenvalue weighted by Crippen LogP contribution is -2.28. The average Bonchev–Trinajstić information content (AvgIpc) is 4.31. The number of nitrogens with zero attached hydrogens (tertiary/aromatic N) is 2. The predicted octanol–water partition coefficient (Wildman–Crippen LogP) is 20.5. The van der Waals surface area contributed by atoms with Gasteiger partial charge in [0.1, 0.15) is 0 Å². The van der Waals surface area contributed by atoms with Gasteiger partial charge in [-0.2, -0.15) is 0 Å². The Bertz CT molecular complexity index is 4350. The Morgan fingerprint density at radius 2 is 0.844 bits per heavy atom. The largest absolute Gasteiger partial charge is 0.310 e. The van der Waals surface area contributed by atoms with Crippen molar-refractivity contribution in [1.29, 1.82) is 0 Å². The number of fused-ring (bicyclic) bond motifs is 11. The van der Waals surface area contributed by atoms with Crippen molar-refractivity contribution in [1.82, 2.24) is 0 Å². The molecule has 13 aromatic rings. The van der Waals surface area contributed by atoms with Crippen LogP contribution >= 0.6 is 11.3 Å². The normalized spacial score (nSPS) is 13.5. The monoisotopic (exact) mass is 1000 g/mol. The van der Waals surface area contributed by atoms with Crippen LogP contribution in [0.3, 0.4) is 0 Å². The highest BCUT2D eigenvalue weighted by Gasteiger charge is 2.47. The van der Waals surface area contributed by atoms with Crippen molar-refractivity contribution in [3.05, 3.63) is 312 Å². The van der Waals surface area contributed by atoms with E-state index in [9.17, 15) is 0 Å². The predicted molar refractivity (Wildman–Crippen MR) is 327 cm³/mol.